The summed E-state index contributed by atoms with van der Waals surface area (Å²) in [6, 6.07) is 14.3. The molecule has 0 atom stereocenters. The summed E-state index contributed by atoms with van der Waals surface area (Å²) in [6.45, 7) is 5.47. The van der Waals surface area contributed by atoms with E-state index in [0.717, 1.165) is 28.3 Å². The minimum atomic E-state index is -3.26. The quantitative estimate of drug-likeness (QED) is 0.372. The SMILES string of the molecule is Cc1ccc(Cn2cnc3c(NCc4ccc5c(c4)OCO5)nc(N4CCCN(S(C)(=O)=O)CC4)nc32)cc1. The Bertz CT molecular complexity index is 1600. The fourth-order valence-electron chi connectivity index (χ4n) is 4.87. The molecule has 1 saturated heterocycles. The molecule has 0 radical (unpaired) electrons. The van der Waals surface area contributed by atoms with E-state index >= 15 is 0 Å². The van der Waals surface area contributed by atoms with E-state index in [1.807, 2.05) is 22.8 Å². The Morgan fingerprint density at radius 3 is 2.56 bits per heavy atom. The zero-order chi connectivity index (χ0) is 27.0. The van der Waals surface area contributed by atoms with Crippen LogP contribution in [0.2, 0.25) is 0 Å². The number of imidazole rings is 1. The van der Waals surface area contributed by atoms with Crippen molar-refractivity contribution in [3.63, 3.8) is 0 Å². The van der Waals surface area contributed by atoms with Gasteiger partial charge in [0.2, 0.25) is 22.8 Å². The molecule has 11 nitrogen and oxygen atoms in total. The standard InChI is InChI=1S/C27H31N7O4S/c1-19-4-6-20(7-5-19)16-33-17-29-24-25(28-15-21-8-9-22-23(14-21)38-18-37-22)30-27(31-26(24)33)32-10-3-11-34(13-12-32)39(2,35)36/h4-9,14,17H,3,10-13,15-16,18H2,1-2H3,(H,28,30,31). The minimum Gasteiger partial charge on any atom is -0.454 e. The summed E-state index contributed by atoms with van der Waals surface area (Å²) in [5.41, 5.74) is 4.77. The minimum absolute atomic E-state index is 0.229. The van der Waals surface area contributed by atoms with Crippen LogP contribution in [0.3, 0.4) is 0 Å². The lowest BCUT2D eigenvalue weighted by Gasteiger charge is -2.22. The number of nitrogens with zero attached hydrogens (tertiary/aromatic N) is 6. The number of hydrogen-bond donors (Lipinski definition) is 1. The Labute approximate surface area is 227 Å². The van der Waals surface area contributed by atoms with E-state index in [-0.39, 0.29) is 6.79 Å². The van der Waals surface area contributed by atoms with Crippen molar-refractivity contribution < 1.29 is 17.9 Å². The predicted octanol–water partition coefficient (Wildman–Crippen LogP) is 3.00. The number of hydrogen-bond acceptors (Lipinski definition) is 9. The molecule has 0 aliphatic carbocycles. The summed E-state index contributed by atoms with van der Waals surface area (Å²) >= 11 is 0. The molecule has 4 heterocycles. The molecule has 2 aromatic carbocycles. The van der Waals surface area contributed by atoms with Crippen molar-refractivity contribution in [3.05, 3.63) is 65.5 Å². The maximum absolute atomic E-state index is 12.1. The largest absolute Gasteiger partial charge is 0.454 e. The van der Waals surface area contributed by atoms with Gasteiger partial charge in [0.25, 0.3) is 0 Å². The molecule has 2 aliphatic heterocycles. The van der Waals surface area contributed by atoms with Crippen molar-refractivity contribution >= 4 is 33.0 Å². The van der Waals surface area contributed by atoms with Crippen molar-refractivity contribution in [2.75, 3.05) is 49.4 Å². The molecule has 0 spiro atoms. The maximum atomic E-state index is 12.1. The van der Waals surface area contributed by atoms with Gasteiger partial charge in [0.15, 0.2) is 28.5 Å². The maximum Gasteiger partial charge on any atom is 0.231 e. The fraction of sp³-hybridized carbons (Fsp3) is 0.370. The number of rotatable bonds is 7. The number of aromatic nitrogens is 4. The first-order valence-electron chi connectivity index (χ1n) is 12.9. The van der Waals surface area contributed by atoms with Gasteiger partial charge in [0, 0.05) is 32.7 Å². The summed E-state index contributed by atoms with van der Waals surface area (Å²) in [4.78, 5) is 16.5. The highest BCUT2D eigenvalue weighted by Gasteiger charge is 2.24. The van der Waals surface area contributed by atoms with Crippen LogP contribution in [0.5, 0.6) is 11.5 Å². The molecule has 0 saturated carbocycles. The lowest BCUT2D eigenvalue weighted by atomic mass is 10.1. The molecule has 0 amide bonds. The molecule has 0 unspecified atom stereocenters. The Morgan fingerprint density at radius 2 is 1.74 bits per heavy atom. The average Bonchev–Trinajstić information content (AvgIpc) is 3.46. The molecular formula is C27H31N7O4S. The van der Waals surface area contributed by atoms with Gasteiger partial charge < -0.3 is 24.3 Å². The monoisotopic (exact) mass is 549 g/mol. The van der Waals surface area contributed by atoms with Gasteiger partial charge >= 0.3 is 0 Å². The Hall–Kier alpha value is -3.90. The van der Waals surface area contributed by atoms with Gasteiger partial charge in [-0.05, 0) is 36.6 Å². The summed E-state index contributed by atoms with van der Waals surface area (Å²) in [5, 5.41) is 3.45. The summed E-state index contributed by atoms with van der Waals surface area (Å²) in [5.74, 6) is 2.64. The molecule has 12 heteroatoms. The second kappa shape index (κ2) is 10.3. The molecule has 0 bridgehead atoms. The highest BCUT2D eigenvalue weighted by molar-refractivity contribution is 7.88. The second-order valence-corrected chi connectivity index (χ2v) is 11.9. The molecule has 6 rings (SSSR count). The summed E-state index contributed by atoms with van der Waals surface area (Å²) in [7, 11) is -3.26. The number of nitrogens with one attached hydrogen (secondary N) is 1. The number of aryl methyl sites for hydroxylation is 1. The van der Waals surface area contributed by atoms with Crippen LogP contribution in [0.1, 0.15) is 23.1 Å². The predicted molar refractivity (Wildman–Crippen MR) is 149 cm³/mol. The van der Waals surface area contributed by atoms with Gasteiger partial charge in [-0.15, -0.1) is 0 Å². The topological polar surface area (TPSA) is 115 Å². The van der Waals surface area contributed by atoms with Crippen LogP contribution in [0, 0.1) is 6.92 Å². The van der Waals surface area contributed by atoms with E-state index < -0.39 is 10.0 Å². The van der Waals surface area contributed by atoms with Crippen LogP contribution in [0.4, 0.5) is 11.8 Å². The Balaban J connectivity index is 1.33. The van der Waals surface area contributed by atoms with Crippen LogP contribution >= 0.6 is 0 Å². The van der Waals surface area contributed by atoms with E-state index in [9.17, 15) is 8.42 Å². The average molecular weight is 550 g/mol. The molecular weight excluding hydrogens is 518 g/mol. The van der Waals surface area contributed by atoms with Gasteiger partial charge in [-0.2, -0.15) is 9.97 Å². The van der Waals surface area contributed by atoms with Crippen LogP contribution in [-0.2, 0) is 23.1 Å². The highest BCUT2D eigenvalue weighted by atomic mass is 32.2. The third-order valence-corrected chi connectivity index (χ3v) is 8.33. The van der Waals surface area contributed by atoms with Gasteiger partial charge in [-0.1, -0.05) is 35.9 Å². The van der Waals surface area contributed by atoms with Crippen molar-refractivity contribution in [1.29, 1.82) is 0 Å². The first kappa shape index (κ1) is 25.4. The molecule has 39 heavy (non-hydrogen) atoms. The zero-order valence-corrected chi connectivity index (χ0v) is 22.8. The third-order valence-electron chi connectivity index (χ3n) is 7.03. The Morgan fingerprint density at radius 1 is 0.949 bits per heavy atom. The van der Waals surface area contributed by atoms with Gasteiger partial charge in [-0.3, -0.25) is 0 Å². The van der Waals surface area contributed by atoms with E-state index in [0.29, 0.717) is 63.0 Å². The molecule has 2 aromatic heterocycles. The highest BCUT2D eigenvalue weighted by Crippen LogP contribution is 2.33. The number of fused-ring (bicyclic) bond motifs is 2. The van der Waals surface area contributed by atoms with Crippen LogP contribution in [-0.4, -0.2) is 71.5 Å². The number of sulfonamides is 1. The molecule has 1 N–H and O–H groups in total. The van der Waals surface area contributed by atoms with Gasteiger partial charge in [0.1, 0.15) is 0 Å². The van der Waals surface area contributed by atoms with E-state index in [2.05, 4.69) is 46.4 Å². The van der Waals surface area contributed by atoms with Crippen LogP contribution in [0.25, 0.3) is 11.2 Å². The Kier molecular flexibility index (Phi) is 6.73. The fourth-order valence-corrected chi connectivity index (χ4v) is 5.74. The third kappa shape index (κ3) is 5.48. The molecule has 1 fully saturated rings. The van der Waals surface area contributed by atoms with Crippen LogP contribution in [0.15, 0.2) is 48.8 Å². The smallest absolute Gasteiger partial charge is 0.231 e. The lowest BCUT2D eigenvalue weighted by molar-refractivity contribution is 0.174. The summed E-state index contributed by atoms with van der Waals surface area (Å²) < 4.78 is 38.8. The molecule has 2 aliphatic rings. The summed E-state index contributed by atoms with van der Waals surface area (Å²) in [6.07, 6.45) is 3.74. The van der Waals surface area contributed by atoms with Crippen molar-refractivity contribution in [2.45, 2.75) is 26.4 Å². The molecule has 4 aromatic rings. The lowest BCUT2D eigenvalue weighted by Crippen LogP contribution is -2.35. The second-order valence-electron chi connectivity index (χ2n) is 9.95. The number of anilines is 2. The van der Waals surface area contributed by atoms with Gasteiger partial charge in [0.05, 0.1) is 19.1 Å². The van der Waals surface area contributed by atoms with E-state index in [1.54, 1.807) is 6.33 Å². The van der Waals surface area contributed by atoms with Crippen molar-refractivity contribution in [3.8, 4) is 11.5 Å². The normalized spacial score (nSPS) is 16.0. The van der Waals surface area contributed by atoms with Gasteiger partial charge in [-0.25, -0.2) is 17.7 Å². The van der Waals surface area contributed by atoms with Crippen molar-refractivity contribution in [1.82, 2.24) is 23.8 Å². The number of benzene rings is 2. The first-order valence-corrected chi connectivity index (χ1v) is 14.8. The molecule has 204 valence electrons. The van der Waals surface area contributed by atoms with Crippen LogP contribution < -0.4 is 19.7 Å². The number of ether oxygens (including phenoxy) is 2. The van der Waals surface area contributed by atoms with Crippen molar-refractivity contribution in [2.24, 2.45) is 0 Å². The van der Waals surface area contributed by atoms with E-state index in [4.69, 9.17) is 19.4 Å². The zero-order valence-electron chi connectivity index (χ0n) is 22.0. The first-order chi connectivity index (χ1) is 18.8. The van der Waals surface area contributed by atoms with E-state index in [1.165, 1.54) is 16.1 Å².